The normalized spacial score (nSPS) is 25.1. The molecule has 1 saturated carbocycles. The van der Waals surface area contributed by atoms with Crippen molar-refractivity contribution in [2.75, 3.05) is 22.9 Å². The number of carbonyl (C=O) groups excluding carboxylic acids is 1. The number of nitrogens with two attached hydrogens (primary N) is 1. The molecule has 0 radical (unpaired) electrons. The molecule has 1 heterocycles. The van der Waals surface area contributed by atoms with E-state index in [0.29, 0.717) is 18.0 Å². The molecule has 1 fully saturated rings. The molecule has 1 aromatic rings. The Morgan fingerprint density at radius 3 is 2.95 bits per heavy atom. The highest BCUT2D eigenvalue weighted by atomic mass is 16.3. The first-order valence-electron chi connectivity index (χ1n) is 7.26. The molecule has 108 valence electrons. The zero-order valence-electron chi connectivity index (χ0n) is 11.5. The zero-order chi connectivity index (χ0) is 14.1. The number of fused-ring (bicyclic) bond motifs is 1. The molecule has 20 heavy (non-hydrogen) atoms. The fraction of sp³-hybridized carbons (Fsp3) is 0.533. The second-order valence-corrected chi connectivity index (χ2v) is 5.86. The van der Waals surface area contributed by atoms with Crippen molar-refractivity contribution in [3.63, 3.8) is 0 Å². The topological polar surface area (TPSA) is 87.4 Å². The van der Waals surface area contributed by atoms with Crippen LogP contribution in [-0.2, 0) is 11.2 Å². The summed E-state index contributed by atoms with van der Waals surface area (Å²) >= 11 is 0. The van der Waals surface area contributed by atoms with E-state index in [4.69, 9.17) is 5.73 Å². The molecular formula is C15H21N3O2. The molecule has 3 rings (SSSR count). The number of aliphatic hydroxyl groups is 1. The van der Waals surface area contributed by atoms with E-state index in [1.54, 1.807) is 0 Å². The Labute approximate surface area is 118 Å². The zero-order valence-corrected chi connectivity index (χ0v) is 11.5. The van der Waals surface area contributed by atoms with Crippen molar-refractivity contribution in [1.29, 1.82) is 0 Å². The first-order chi connectivity index (χ1) is 9.61. The van der Waals surface area contributed by atoms with Crippen molar-refractivity contribution in [3.8, 4) is 0 Å². The Balaban J connectivity index is 1.69. The van der Waals surface area contributed by atoms with Gasteiger partial charge in [0.05, 0.1) is 17.5 Å². The second kappa shape index (κ2) is 5.32. The lowest BCUT2D eigenvalue weighted by Gasteiger charge is -2.20. The van der Waals surface area contributed by atoms with Crippen LogP contribution >= 0.6 is 0 Å². The van der Waals surface area contributed by atoms with E-state index in [1.165, 1.54) is 0 Å². The number of nitrogen functional groups attached to an aromatic ring is 1. The van der Waals surface area contributed by atoms with Gasteiger partial charge in [-0.1, -0.05) is 0 Å². The second-order valence-electron chi connectivity index (χ2n) is 5.86. The standard InChI is InChI=1S/C15H21N3O2/c16-12-7-13-10(2-4-15(20)18-13)6-14(12)17-8-9-1-3-11(19)5-9/h6-7,9,11,17,19H,1-5,8,16H2,(H,18,20). The Morgan fingerprint density at radius 2 is 2.20 bits per heavy atom. The maximum absolute atomic E-state index is 11.4. The highest BCUT2D eigenvalue weighted by molar-refractivity contribution is 5.95. The van der Waals surface area contributed by atoms with Crippen LogP contribution in [0.4, 0.5) is 17.1 Å². The molecule has 1 amide bonds. The summed E-state index contributed by atoms with van der Waals surface area (Å²) in [6.07, 6.45) is 3.99. The minimum atomic E-state index is -0.141. The Morgan fingerprint density at radius 1 is 1.35 bits per heavy atom. The number of carbonyl (C=O) groups is 1. The van der Waals surface area contributed by atoms with E-state index in [-0.39, 0.29) is 12.0 Å². The number of nitrogens with one attached hydrogen (secondary N) is 2. The number of amides is 1. The predicted molar refractivity (Wildman–Crippen MR) is 79.6 cm³/mol. The van der Waals surface area contributed by atoms with Crippen molar-refractivity contribution >= 4 is 23.0 Å². The van der Waals surface area contributed by atoms with Gasteiger partial charge in [-0.15, -0.1) is 0 Å². The van der Waals surface area contributed by atoms with Gasteiger partial charge < -0.3 is 21.5 Å². The van der Waals surface area contributed by atoms with Crippen molar-refractivity contribution in [1.82, 2.24) is 0 Å². The SMILES string of the molecule is Nc1cc2c(cc1NCC1CCC(O)C1)CCC(=O)N2. The van der Waals surface area contributed by atoms with Gasteiger partial charge in [-0.2, -0.15) is 0 Å². The third kappa shape index (κ3) is 2.72. The number of benzene rings is 1. The Hall–Kier alpha value is -1.75. The Kier molecular flexibility index (Phi) is 3.53. The Bertz CT molecular complexity index is 530. The number of hydrogen-bond donors (Lipinski definition) is 4. The number of rotatable bonds is 3. The van der Waals surface area contributed by atoms with E-state index >= 15 is 0 Å². The maximum Gasteiger partial charge on any atom is 0.224 e. The fourth-order valence-electron chi connectivity index (χ4n) is 3.09. The molecular weight excluding hydrogens is 254 g/mol. The quantitative estimate of drug-likeness (QED) is 0.633. The summed E-state index contributed by atoms with van der Waals surface area (Å²) in [7, 11) is 0. The van der Waals surface area contributed by atoms with Crippen LogP contribution in [0, 0.1) is 5.92 Å². The van der Waals surface area contributed by atoms with Gasteiger partial charge in [-0.25, -0.2) is 0 Å². The van der Waals surface area contributed by atoms with Crippen LogP contribution in [0.5, 0.6) is 0 Å². The van der Waals surface area contributed by atoms with Crippen molar-refractivity contribution < 1.29 is 9.90 Å². The highest BCUT2D eigenvalue weighted by Crippen LogP contribution is 2.32. The van der Waals surface area contributed by atoms with Crippen LogP contribution < -0.4 is 16.4 Å². The van der Waals surface area contributed by atoms with E-state index in [9.17, 15) is 9.90 Å². The lowest BCUT2D eigenvalue weighted by Crippen LogP contribution is -2.20. The molecule has 0 bridgehead atoms. The smallest absolute Gasteiger partial charge is 0.224 e. The summed E-state index contributed by atoms with van der Waals surface area (Å²) in [5.74, 6) is 0.567. The van der Waals surface area contributed by atoms with Crippen molar-refractivity contribution in [2.24, 2.45) is 5.92 Å². The first kappa shape index (κ1) is 13.2. The number of hydrogen-bond acceptors (Lipinski definition) is 4. The molecule has 2 aliphatic rings. The molecule has 0 aromatic heterocycles. The summed E-state index contributed by atoms with van der Waals surface area (Å²) in [6.45, 7) is 0.840. The van der Waals surface area contributed by atoms with E-state index in [1.807, 2.05) is 12.1 Å². The van der Waals surface area contributed by atoms with Crippen LogP contribution in [0.25, 0.3) is 0 Å². The lowest BCUT2D eigenvalue weighted by molar-refractivity contribution is -0.116. The largest absolute Gasteiger partial charge is 0.397 e. The average molecular weight is 275 g/mol. The van der Waals surface area contributed by atoms with Crippen LogP contribution in [-0.4, -0.2) is 23.7 Å². The van der Waals surface area contributed by atoms with Gasteiger partial charge in [-0.05, 0) is 49.3 Å². The average Bonchev–Trinajstić information content (AvgIpc) is 2.82. The van der Waals surface area contributed by atoms with Gasteiger partial charge in [0.1, 0.15) is 0 Å². The lowest BCUT2D eigenvalue weighted by atomic mass is 10.0. The van der Waals surface area contributed by atoms with Gasteiger partial charge in [0.15, 0.2) is 0 Å². The molecule has 0 saturated heterocycles. The van der Waals surface area contributed by atoms with Gasteiger partial charge in [-0.3, -0.25) is 4.79 Å². The summed E-state index contributed by atoms with van der Waals surface area (Å²) in [6, 6.07) is 3.87. The number of anilines is 3. The third-order valence-electron chi connectivity index (χ3n) is 4.27. The molecule has 2 unspecified atom stereocenters. The van der Waals surface area contributed by atoms with Crippen LogP contribution in [0.1, 0.15) is 31.2 Å². The van der Waals surface area contributed by atoms with Crippen LogP contribution in [0.2, 0.25) is 0 Å². The minimum absolute atomic E-state index is 0.0533. The van der Waals surface area contributed by atoms with Crippen LogP contribution in [0.3, 0.4) is 0 Å². The van der Waals surface area contributed by atoms with E-state index in [0.717, 1.165) is 49.2 Å². The molecule has 1 aliphatic heterocycles. The monoisotopic (exact) mass is 275 g/mol. The minimum Gasteiger partial charge on any atom is -0.397 e. The summed E-state index contributed by atoms with van der Waals surface area (Å²) in [4.78, 5) is 11.4. The van der Waals surface area contributed by atoms with Gasteiger partial charge in [0.2, 0.25) is 5.91 Å². The van der Waals surface area contributed by atoms with Gasteiger partial charge in [0, 0.05) is 18.7 Å². The summed E-state index contributed by atoms with van der Waals surface area (Å²) < 4.78 is 0. The molecule has 5 heteroatoms. The molecule has 0 spiro atoms. The molecule has 1 aromatic carbocycles. The molecule has 1 aliphatic carbocycles. The maximum atomic E-state index is 11.4. The predicted octanol–water partition coefficient (Wildman–Crippen LogP) is 1.73. The molecule has 5 N–H and O–H groups in total. The first-order valence-corrected chi connectivity index (χ1v) is 7.26. The highest BCUT2D eigenvalue weighted by Gasteiger charge is 2.23. The third-order valence-corrected chi connectivity index (χ3v) is 4.27. The number of aryl methyl sites for hydroxylation is 1. The summed E-state index contributed by atoms with van der Waals surface area (Å²) in [5, 5.41) is 15.8. The summed E-state index contributed by atoms with van der Waals surface area (Å²) in [5.41, 5.74) is 9.59. The van der Waals surface area contributed by atoms with Gasteiger partial charge in [0.25, 0.3) is 0 Å². The molecule has 5 nitrogen and oxygen atoms in total. The van der Waals surface area contributed by atoms with E-state index in [2.05, 4.69) is 10.6 Å². The van der Waals surface area contributed by atoms with Crippen LogP contribution in [0.15, 0.2) is 12.1 Å². The molecule has 2 atom stereocenters. The van der Waals surface area contributed by atoms with E-state index < -0.39 is 0 Å². The fourth-order valence-corrected chi connectivity index (χ4v) is 3.09. The number of aliphatic hydroxyl groups excluding tert-OH is 1. The van der Waals surface area contributed by atoms with Crippen molar-refractivity contribution in [3.05, 3.63) is 17.7 Å². The van der Waals surface area contributed by atoms with Gasteiger partial charge >= 0.3 is 0 Å². The van der Waals surface area contributed by atoms with Crippen molar-refractivity contribution in [2.45, 2.75) is 38.2 Å².